The van der Waals surface area contributed by atoms with E-state index < -0.39 is 0 Å². The van der Waals surface area contributed by atoms with E-state index in [1.165, 1.54) is 22.3 Å². The topological polar surface area (TPSA) is 26.0 Å². The third-order valence-corrected chi connectivity index (χ3v) is 4.43. The molecule has 0 atom stereocenters. The molecule has 0 bridgehead atoms. The average Bonchev–Trinajstić information content (AvgIpc) is 2.96. The van der Waals surface area contributed by atoms with Gasteiger partial charge in [-0.25, -0.2) is 0 Å². The van der Waals surface area contributed by atoms with Crippen molar-refractivity contribution in [1.29, 1.82) is 0 Å². The monoisotopic (exact) mass is 327 g/mol. The summed E-state index contributed by atoms with van der Waals surface area (Å²) in [5, 5.41) is 1.03. The fraction of sp³-hybridized carbons (Fsp3) is 0.174. The van der Waals surface area contributed by atoms with E-state index in [1.807, 2.05) is 12.3 Å². The minimum absolute atomic E-state index is 0.873. The Morgan fingerprint density at radius 1 is 0.640 bits per heavy atom. The number of fused-ring (bicyclic) bond motifs is 1. The van der Waals surface area contributed by atoms with Crippen LogP contribution in [0.4, 0.5) is 0 Å². The highest BCUT2D eigenvalue weighted by Crippen LogP contribution is 2.31. The van der Waals surface area contributed by atoms with Gasteiger partial charge in [-0.15, -0.1) is 0 Å². The van der Waals surface area contributed by atoms with Gasteiger partial charge in [-0.05, 0) is 58.0 Å². The van der Waals surface area contributed by atoms with Gasteiger partial charge in [0.05, 0.1) is 5.69 Å². The number of furan rings is 1. The summed E-state index contributed by atoms with van der Waals surface area (Å²) in [6.07, 6.45) is 1.90. The van der Waals surface area contributed by atoms with Crippen molar-refractivity contribution in [2.45, 2.75) is 27.7 Å². The van der Waals surface area contributed by atoms with Crippen molar-refractivity contribution >= 4 is 11.0 Å². The third kappa shape index (κ3) is 3.08. The quantitative estimate of drug-likeness (QED) is 0.426. The Labute approximate surface area is 148 Å². The first kappa shape index (κ1) is 15.6. The number of pyridine rings is 1. The maximum absolute atomic E-state index is 6.15. The standard InChI is InChI=1S/C23H21NO/c1-14-5-15(2)8-18(7-14)21-12-23-20(13-24-21)11-22(25-23)19-9-16(3)6-17(4)10-19/h5-13H,1-4H3. The molecule has 2 nitrogen and oxygen atoms in total. The summed E-state index contributed by atoms with van der Waals surface area (Å²) in [7, 11) is 0. The van der Waals surface area contributed by atoms with Crippen LogP contribution in [0.2, 0.25) is 0 Å². The van der Waals surface area contributed by atoms with Gasteiger partial charge in [0.15, 0.2) is 0 Å². The molecule has 4 aromatic rings. The molecule has 0 amide bonds. The van der Waals surface area contributed by atoms with Gasteiger partial charge in [-0.1, -0.05) is 34.4 Å². The van der Waals surface area contributed by atoms with E-state index in [4.69, 9.17) is 4.42 Å². The fourth-order valence-electron chi connectivity index (χ4n) is 3.47. The number of aromatic nitrogens is 1. The Kier molecular flexibility index (Phi) is 3.69. The second-order valence-electron chi connectivity index (χ2n) is 6.97. The van der Waals surface area contributed by atoms with Gasteiger partial charge in [0.1, 0.15) is 11.3 Å². The van der Waals surface area contributed by atoms with Gasteiger partial charge in [-0.3, -0.25) is 4.98 Å². The molecule has 0 saturated carbocycles. The number of nitrogens with zero attached hydrogens (tertiary/aromatic N) is 1. The molecule has 0 aliphatic rings. The molecule has 0 aliphatic carbocycles. The molecule has 2 aromatic heterocycles. The second-order valence-corrected chi connectivity index (χ2v) is 6.97. The lowest BCUT2D eigenvalue weighted by Gasteiger charge is -2.04. The van der Waals surface area contributed by atoms with Gasteiger partial charge in [0.25, 0.3) is 0 Å². The lowest BCUT2D eigenvalue weighted by Crippen LogP contribution is -1.85. The molecular weight excluding hydrogens is 306 g/mol. The summed E-state index contributed by atoms with van der Waals surface area (Å²) in [5.74, 6) is 0.890. The molecule has 25 heavy (non-hydrogen) atoms. The van der Waals surface area contributed by atoms with E-state index in [9.17, 15) is 0 Å². The number of hydrogen-bond donors (Lipinski definition) is 0. The minimum Gasteiger partial charge on any atom is -0.456 e. The van der Waals surface area contributed by atoms with E-state index in [0.29, 0.717) is 0 Å². The molecule has 2 aromatic carbocycles. The molecular formula is C23H21NO. The van der Waals surface area contributed by atoms with Crippen molar-refractivity contribution < 1.29 is 4.42 Å². The van der Waals surface area contributed by atoms with Crippen LogP contribution in [0.1, 0.15) is 22.3 Å². The maximum Gasteiger partial charge on any atom is 0.138 e. The van der Waals surface area contributed by atoms with Crippen LogP contribution in [0.25, 0.3) is 33.6 Å². The summed E-state index contributed by atoms with van der Waals surface area (Å²) in [5.41, 5.74) is 9.03. The highest BCUT2D eigenvalue weighted by Gasteiger charge is 2.10. The third-order valence-electron chi connectivity index (χ3n) is 4.43. The average molecular weight is 327 g/mol. The Morgan fingerprint density at radius 2 is 1.20 bits per heavy atom. The first-order chi connectivity index (χ1) is 12.0. The lowest BCUT2D eigenvalue weighted by atomic mass is 10.0. The van der Waals surface area contributed by atoms with E-state index >= 15 is 0 Å². The van der Waals surface area contributed by atoms with Crippen LogP contribution < -0.4 is 0 Å². The van der Waals surface area contributed by atoms with Crippen molar-refractivity contribution in [1.82, 2.24) is 4.98 Å². The largest absolute Gasteiger partial charge is 0.456 e. The molecule has 4 rings (SSSR count). The van der Waals surface area contributed by atoms with Crippen LogP contribution in [-0.4, -0.2) is 4.98 Å². The molecule has 0 fully saturated rings. The number of aryl methyl sites for hydroxylation is 4. The SMILES string of the molecule is Cc1cc(C)cc(-c2cc3oc(-c4cc(C)cc(C)c4)cc3cn2)c1. The highest BCUT2D eigenvalue weighted by molar-refractivity contribution is 5.85. The molecule has 0 N–H and O–H groups in total. The molecule has 0 aliphatic heterocycles. The molecule has 2 heteroatoms. The van der Waals surface area contributed by atoms with Crippen molar-refractivity contribution in [2.75, 3.05) is 0 Å². The molecule has 0 radical (unpaired) electrons. The number of rotatable bonds is 2. The van der Waals surface area contributed by atoms with Crippen LogP contribution in [0.15, 0.2) is 59.1 Å². The molecule has 124 valence electrons. The lowest BCUT2D eigenvalue weighted by molar-refractivity contribution is 0.631. The number of benzene rings is 2. The van der Waals surface area contributed by atoms with E-state index in [-0.39, 0.29) is 0 Å². The van der Waals surface area contributed by atoms with Gasteiger partial charge in [0.2, 0.25) is 0 Å². The van der Waals surface area contributed by atoms with Gasteiger partial charge in [-0.2, -0.15) is 0 Å². The predicted octanol–water partition coefficient (Wildman–Crippen LogP) is 6.40. The van der Waals surface area contributed by atoms with Crippen LogP contribution in [-0.2, 0) is 0 Å². The zero-order valence-electron chi connectivity index (χ0n) is 15.1. The Morgan fingerprint density at radius 3 is 1.80 bits per heavy atom. The second kappa shape index (κ2) is 5.89. The Balaban J connectivity index is 1.81. The van der Waals surface area contributed by atoms with E-state index in [1.54, 1.807) is 0 Å². The summed E-state index contributed by atoms with van der Waals surface area (Å²) in [4.78, 5) is 4.64. The van der Waals surface area contributed by atoms with E-state index in [2.05, 4.69) is 75.1 Å². The van der Waals surface area contributed by atoms with Crippen molar-refractivity contribution in [3.05, 3.63) is 77.0 Å². The van der Waals surface area contributed by atoms with Crippen molar-refractivity contribution in [2.24, 2.45) is 0 Å². The summed E-state index contributed by atoms with van der Waals surface area (Å²) in [6, 6.07) is 17.1. The summed E-state index contributed by atoms with van der Waals surface area (Å²) < 4.78 is 6.15. The molecule has 0 spiro atoms. The highest BCUT2D eigenvalue weighted by atomic mass is 16.3. The Hall–Kier alpha value is -2.87. The maximum atomic E-state index is 6.15. The summed E-state index contributed by atoms with van der Waals surface area (Å²) in [6.45, 7) is 8.44. The fourth-order valence-corrected chi connectivity index (χ4v) is 3.47. The van der Waals surface area contributed by atoms with Crippen LogP contribution in [0, 0.1) is 27.7 Å². The first-order valence-corrected chi connectivity index (χ1v) is 8.55. The first-order valence-electron chi connectivity index (χ1n) is 8.55. The van der Waals surface area contributed by atoms with Crippen molar-refractivity contribution in [3.63, 3.8) is 0 Å². The zero-order chi connectivity index (χ0) is 17.6. The van der Waals surface area contributed by atoms with Gasteiger partial charge >= 0.3 is 0 Å². The van der Waals surface area contributed by atoms with Gasteiger partial charge < -0.3 is 4.42 Å². The van der Waals surface area contributed by atoms with Crippen LogP contribution in [0.5, 0.6) is 0 Å². The molecule has 2 heterocycles. The predicted molar refractivity (Wildman–Crippen MR) is 104 cm³/mol. The van der Waals surface area contributed by atoms with E-state index in [0.717, 1.165) is 33.6 Å². The van der Waals surface area contributed by atoms with Crippen molar-refractivity contribution in [3.8, 4) is 22.6 Å². The van der Waals surface area contributed by atoms with Gasteiger partial charge in [0, 0.05) is 28.8 Å². The Bertz CT molecular complexity index is 999. The summed E-state index contributed by atoms with van der Waals surface area (Å²) >= 11 is 0. The van der Waals surface area contributed by atoms with Crippen LogP contribution >= 0.6 is 0 Å². The smallest absolute Gasteiger partial charge is 0.138 e. The number of hydrogen-bond acceptors (Lipinski definition) is 2. The molecule has 0 saturated heterocycles. The molecule has 0 unspecified atom stereocenters. The zero-order valence-corrected chi connectivity index (χ0v) is 15.1. The van der Waals surface area contributed by atoms with Crippen LogP contribution in [0.3, 0.4) is 0 Å². The minimum atomic E-state index is 0.873. The normalized spacial score (nSPS) is 11.2.